The van der Waals surface area contributed by atoms with E-state index in [1.54, 1.807) is 0 Å². The highest BCUT2D eigenvalue weighted by atomic mass is 16.5. The van der Waals surface area contributed by atoms with Gasteiger partial charge in [-0.15, -0.1) is 0 Å². The lowest BCUT2D eigenvalue weighted by molar-refractivity contribution is -0.0904. The molecule has 1 aromatic rings. The molecule has 0 radical (unpaired) electrons. The van der Waals surface area contributed by atoms with Crippen molar-refractivity contribution in [2.75, 3.05) is 19.8 Å². The van der Waals surface area contributed by atoms with Gasteiger partial charge in [-0.2, -0.15) is 0 Å². The molecular formula is C16H25NO. The van der Waals surface area contributed by atoms with E-state index in [1.807, 2.05) is 0 Å². The Morgan fingerprint density at radius 2 is 1.78 bits per heavy atom. The van der Waals surface area contributed by atoms with E-state index >= 15 is 0 Å². The van der Waals surface area contributed by atoms with Crippen molar-refractivity contribution in [3.63, 3.8) is 0 Å². The number of hydrogen-bond acceptors (Lipinski definition) is 2. The number of hydrogen-bond donors (Lipinski definition) is 1. The van der Waals surface area contributed by atoms with E-state index in [1.165, 1.54) is 22.3 Å². The van der Waals surface area contributed by atoms with Crippen molar-refractivity contribution in [3.8, 4) is 0 Å². The van der Waals surface area contributed by atoms with Crippen molar-refractivity contribution in [2.45, 2.75) is 39.5 Å². The number of aryl methyl sites for hydroxylation is 3. The number of ether oxygens (including phenoxy) is 1. The van der Waals surface area contributed by atoms with Crippen LogP contribution in [0, 0.1) is 26.7 Å². The molecule has 2 rings (SSSR count). The van der Waals surface area contributed by atoms with E-state index < -0.39 is 0 Å². The molecule has 0 saturated carbocycles. The lowest BCUT2D eigenvalue weighted by atomic mass is 9.65. The minimum Gasteiger partial charge on any atom is -0.379 e. The van der Waals surface area contributed by atoms with Crippen molar-refractivity contribution >= 4 is 0 Å². The molecule has 1 saturated heterocycles. The van der Waals surface area contributed by atoms with Gasteiger partial charge in [0.15, 0.2) is 0 Å². The third kappa shape index (κ3) is 1.98. The maximum atomic E-state index is 5.99. The SMILES string of the molecule is CCC(CN)C1(c2c(C)cc(C)cc2C)COC1. The summed E-state index contributed by atoms with van der Waals surface area (Å²) in [7, 11) is 0. The van der Waals surface area contributed by atoms with Crippen LogP contribution >= 0.6 is 0 Å². The molecule has 0 bridgehead atoms. The molecule has 18 heavy (non-hydrogen) atoms. The van der Waals surface area contributed by atoms with Crippen molar-refractivity contribution < 1.29 is 4.74 Å². The zero-order chi connectivity index (χ0) is 13.3. The zero-order valence-corrected chi connectivity index (χ0v) is 12.0. The molecule has 0 aromatic heterocycles. The molecule has 1 aliphatic heterocycles. The van der Waals surface area contributed by atoms with Gasteiger partial charge in [-0.25, -0.2) is 0 Å². The molecule has 1 heterocycles. The van der Waals surface area contributed by atoms with Gasteiger partial charge in [0.25, 0.3) is 0 Å². The summed E-state index contributed by atoms with van der Waals surface area (Å²) in [5, 5.41) is 0. The van der Waals surface area contributed by atoms with Crippen molar-refractivity contribution in [2.24, 2.45) is 11.7 Å². The highest BCUT2D eigenvalue weighted by molar-refractivity contribution is 5.44. The summed E-state index contributed by atoms with van der Waals surface area (Å²) < 4.78 is 5.56. The summed E-state index contributed by atoms with van der Waals surface area (Å²) in [5.74, 6) is 0.520. The fourth-order valence-corrected chi connectivity index (χ4v) is 3.65. The van der Waals surface area contributed by atoms with Gasteiger partial charge < -0.3 is 10.5 Å². The normalized spacial score (nSPS) is 19.4. The van der Waals surface area contributed by atoms with Crippen LogP contribution in [0.25, 0.3) is 0 Å². The fraction of sp³-hybridized carbons (Fsp3) is 0.625. The predicted molar refractivity (Wildman–Crippen MR) is 76.0 cm³/mol. The average molecular weight is 247 g/mol. The molecule has 1 atom stereocenters. The summed E-state index contributed by atoms with van der Waals surface area (Å²) in [6.45, 7) is 11.2. The van der Waals surface area contributed by atoms with E-state index in [0.717, 1.165) is 26.2 Å². The van der Waals surface area contributed by atoms with E-state index in [0.29, 0.717) is 5.92 Å². The fourth-order valence-electron chi connectivity index (χ4n) is 3.65. The lowest BCUT2D eigenvalue weighted by Crippen LogP contribution is -2.55. The van der Waals surface area contributed by atoms with Crippen LogP contribution in [0.1, 0.15) is 35.6 Å². The van der Waals surface area contributed by atoms with Crippen LogP contribution in [-0.2, 0) is 10.2 Å². The van der Waals surface area contributed by atoms with Gasteiger partial charge in [0.2, 0.25) is 0 Å². The molecule has 1 fully saturated rings. The van der Waals surface area contributed by atoms with Crippen LogP contribution < -0.4 is 5.73 Å². The molecule has 2 heteroatoms. The monoisotopic (exact) mass is 247 g/mol. The highest BCUT2D eigenvalue weighted by Gasteiger charge is 2.47. The van der Waals surface area contributed by atoms with Crippen LogP contribution in [-0.4, -0.2) is 19.8 Å². The van der Waals surface area contributed by atoms with Crippen molar-refractivity contribution in [3.05, 3.63) is 34.4 Å². The minimum absolute atomic E-state index is 0.158. The first-order chi connectivity index (χ1) is 8.55. The van der Waals surface area contributed by atoms with Gasteiger partial charge in [0.05, 0.1) is 13.2 Å². The third-order valence-electron chi connectivity index (χ3n) is 4.45. The predicted octanol–water partition coefficient (Wildman–Crippen LogP) is 2.86. The molecule has 1 aliphatic rings. The maximum absolute atomic E-state index is 5.99. The quantitative estimate of drug-likeness (QED) is 0.888. The standard InChI is InChI=1S/C16H25NO/c1-5-14(8-17)16(9-18-10-16)15-12(3)6-11(2)7-13(15)4/h6-7,14H,5,8-10,17H2,1-4H3. The molecular weight excluding hydrogens is 222 g/mol. The summed E-state index contributed by atoms with van der Waals surface area (Å²) in [4.78, 5) is 0. The molecule has 100 valence electrons. The molecule has 1 aromatic carbocycles. The molecule has 0 aliphatic carbocycles. The molecule has 0 spiro atoms. The van der Waals surface area contributed by atoms with Crippen LogP contribution in [0.3, 0.4) is 0 Å². The Morgan fingerprint density at radius 1 is 1.22 bits per heavy atom. The van der Waals surface area contributed by atoms with E-state index in [4.69, 9.17) is 10.5 Å². The highest BCUT2D eigenvalue weighted by Crippen LogP contribution is 2.43. The van der Waals surface area contributed by atoms with Gasteiger partial charge in [0, 0.05) is 5.41 Å². The Hall–Kier alpha value is -0.860. The second-order valence-electron chi connectivity index (χ2n) is 5.76. The number of nitrogens with two attached hydrogens (primary N) is 1. The Morgan fingerprint density at radius 3 is 2.11 bits per heavy atom. The molecule has 1 unspecified atom stereocenters. The topological polar surface area (TPSA) is 35.2 Å². The van der Waals surface area contributed by atoms with Crippen LogP contribution in [0.15, 0.2) is 12.1 Å². The smallest absolute Gasteiger partial charge is 0.0589 e. The largest absolute Gasteiger partial charge is 0.379 e. The Balaban J connectivity index is 2.51. The average Bonchev–Trinajstić information content (AvgIpc) is 2.24. The van der Waals surface area contributed by atoms with Gasteiger partial charge in [-0.05, 0) is 49.9 Å². The van der Waals surface area contributed by atoms with Gasteiger partial charge in [-0.3, -0.25) is 0 Å². The zero-order valence-electron chi connectivity index (χ0n) is 12.0. The minimum atomic E-state index is 0.158. The van der Waals surface area contributed by atoms with E-state index in [-0.39, 0.29) is 5.41 Å². The summed E-state index contributed by atoms with van der Waals surface area (Å²) in [6, 6.07) is 4.57. The third-order valence-corrected chi connectivity index (χ3v) is 4.45. The van der Waals surface area contributed by atoms with Crippen LogP contribution in [0.2, 0.25) is 0 Å². The Bertz CT molecular complexity index is 408. The van der Waals surface area contributed by atoms with Crippen LogP contribution in [0.4, 0.5) is 0 Å². The molecule has 2 N–H and O–H groups in total. The number of rotatable bonds is 4. The van der Waals surface area contributed by atoms with Gasteiger partial charge >= 0.3 is 0 Å². The second-order valence-corrected chi connectivity index (χ2v) is 5.76. The molecule has 2 nitrogen and oxygen atoms in total. The molecule has 0 amide bonds. The first-order valence-electron chi connectivity index (χ1n) is 6.91. The Kier molecular flexibility index (Phi) is 3.79. The summed E-state index contributed by atoms with van der Waals surface area (Å²) >= 11 is 0. The first-order valence-corrected chi connectivity index (χ1v) is 6.91. The summed E-state index contributed by atoms with van der Waals surface area (Å²) in [6.07, 6.45) is 1.12. The van der Waals surface area contributed by atoms with Crippen LogP contribution in [0.5, 0.6) is 0 Å². The van der Waals surface area contributed by atoms with Gasteiger partial charge in [-0.1, -0.05) is 31.0 Å². The van der Waals surface area contributed by atoms with Crippen molar-refractivity contribution in [1.82, 2.24) is 0 Å². The van der Waals surface area contributed by atoms with Gasteiger partial charge in [0.1, 0.15) is 0 Å². The lowest BCUT2D eigenvalue weighted by Gasteiger charge is -2.49. The second kappa shape index (κ2) is 5.02. The Labute approximate surface area is 111 Å². The number of benzene rings is 1. The first kappa shape index (κ1) is 13.6. The summed E-state index contributed by atoms with van der Waals surface area (Å²) in [5.41, 5.74) is 11.8. The van der Waals surface area contributed by atoms with Crippen molar-refractivity contribution in [1.29, 1.82) is 0 Å². The van der Waals surface area contributed by atoms with E-state index in [9.17, 15) is 0 Å². The van der Waals surface area contributed by atoms with E-state index in [2.05, 4.69) is 39.8 Å². The maximum Gasteiger partial charge on any atom is 0.0589 e.